The molecular weight excluding hydrogens is 460 g/mol. The maximum atomic E-state index is 13.1. The summed E-state index contributed by atoms with van der Waals surface area (Å²) in [6.45, 7) is 2.76. The van der Waals surface area contributed by atoms with E-state index in [1.54, 1.807) is 36.5 Å². The second-order valence-corrected chi connectivity index (χ2v) is 10.1. The number of aromatic nitrogens is 3. The summed E-state index contributed by atoms with van der Waals surface area (Å²) < 4.78 is 30.0. The molecule has 0 bridgehead atoms. The quantitative estimate of drug-likeness (QED) is 0.355. The standard InChI is InChI=1S/C24H25ClN4O3S/c1-3-4-7-14-28-22(19-8-5-6-9-20(19)27-33(2,31)32)15-23(30)29-16-21(26-24(28)29)17-10-12-18(25)13-11-17/h5-6,8-13,15-16,27H,3-4,7,14H2,1-2H3. The summed E-state index contributed by atoms with van der Waals surface area (Å²) in [6, 6.07) is 15.9. The molecule has 2 heterocycles. The second-order valence-electron chi connectivity index (χ2n) is 7.95. The molecule has 2 aromatic heterocycles. The molecular formula is C24H25ClN4O3S. The molecule has 7 nitrogen and oxygen atoms in total. The lowest BCUT2D eigenvalue weighted by molar-refractivity contribution is 0.605. The summed E-state index contributed by atoms with van der Waals surface area (Å²) in [5.41, 5.74) is 2.92. The fourth-order valence-corrected chi connectivity index (χ4v) is 4.52. The minimum atomic E-state index is -3.50. The van der Waals surface area contributed by atoms with Crippen LogP contribution in [0.1, 0.15) is 26.2 Å². The molecule has 0 aliphatic carbocycles. The van der Waals surface area contributed by atoms with Crippen LogP contribution in [0, 0.1) is 0 Å². The van der Waals surface area contributed by atoms with Crippen molar-refractivity contribution in [2.75, 3.05) is 11.0 Å². The van der Waals surface area contributed by atoms with Crippen molar-refractivity contribution in [1.82, 2.24) is 14.0 Å². The number of anilines is 1. The highest BCUT2D eigenvalue weighted by Crippen LogP contribution is 2.30. The summed E-state index contributed by atoms with van der Waals surface area (Å²) in [7, 11) is -3.50. The van der Waals surface area contributed by atoms with Crippen molar-refractivity contribution in [2.45, 2.75) is 32.7 Å². The average molecular weight is 485 g/mol. The third-order valence-corrected chi connectivity index (χ3v) is 6.18. The zero-order chi connectivity index (χ0) is 23.6. The van der Waals surface area contributed by atoms with Crippen LogP contribution in [0.4, 0.5) is 5.69 Å². The van der Waals surface area contributed by atoms with Crippen LogP contribution in [0.15, 0.2) is 65.6 Å². The third kappa shape index (κ3) is 5.12. The number of nitrogens with zero attached hydrogens (tertiary/aromatic N) is 3. The number of hydrogen-bond acceptors (Lipinski definition) is 4. The van der Waals surface area contributed by atoms with Crippen LogP contribution in [-0.2, 0) is 16.6 Å². The van der Waals surface area contributed by atoms with Gasteiger partial charge in [-0.25, -0.2) is 13.4 Å². The molecule has 4 rings (SSSR count). The van der Waals surface area contributed by atoms with Gasteiger partial charge in [0, 0.05) is 35.0 Å². The first-order chi connectivity index (χ1) is 15.8. The first kappa shape index (κ1) is 23.1. The fourth-order valence-electron chi connectivity index (χ4n) is 3.81. The summed E-state index contributed by atoms with van der Waals surface area (Å²) in [4.78, 5) is 17.9. The zero-order valence-electron chi connectivity index (χ0n) is 18.5. The molecule has 2 aromatic carbocycles. The van der Waals surface area contributed by atoms with E-state index in [-0.39, 0.29) is 5.56 Å². The number of nitrogens with one attached hydrogen (secondary N) is 1. The molecule has 0 amide bonds. The molecule has 0 aliphatic heterocycles. The molecule has 0 aliphatic rings. The van der Waals surface area contributed by atoms with Gasteiger partial charge in [0.15, 0.2) is 0 Å². The van der Waals surface area contributed by atoms with Crippen molar-refractivity contribution in [1.29, 1.82) is 0 Å². The van der Waals surface area contributed by atoms with Gasteiger partial charge in [-0.2, -0.15) is 0 Å². The van der Waals surface area contributed by atoms with Crippen LogP contribution in [0.25, 0.3) is 28.3 Å². The van der Waals surface area contributed by atoms with Gasteiger partial charge in [0.1, 0.15) is 0 Å². The van der Waals surface area contributed by atoms with Crippen LogP contribution in [0.3, 0.4) is 0 Å². The van der Waals surface area contributed by atoms with Gasteiger partial charge in [-0.05, 0) is 24.6 Å². The van der Waals surface area contributed by atoms with Gasteiger partial charge >= 0.3 is 0 Å². The number of aryl methyl sites for hydroxylation is 1. The molecule has 4 aromatic rings. The van der Waals surface area contributed by atoms with Crippen molar-refractivity contribution >= 4 is 33.1 Å². The van der Waals surface area contributed by atoms with E-state index in [1.165, 1.54) is 10.5 Å². The monoisotopic (exact) mass is 484 g/mol. The normalized spacial score (nSPS) is 11.7. The van der Waals surface area contributed by atoms with E-state index in [0.717, 1.165) is 31.1 Å². The number of benzene rings is 2. The first-order valence-corrected chi connectivity index (χ1v) is 13.0. The molecule has 0 saturated heterocycles. The third-order valence-electron chi connectivity index (χ3n) is 5.34. The zero-order valence-corrected chi connectivity index (χ0v) is 20.0. The van der Waals surface area contributed by atoms with E-state index in [0.29, 0.717) is 40.0 Å². The smallest absolute Gasteiger partial charge is 0.259 e. The molecule has 1 N–H and O–H groups in total. The Hall–Kier alpha value is -3.10. The Bertz CT molecular complexity index is 1460. The molecule has 0 spiro atoms. The summed E-state index contributed by atoms with van der Waals surface area (Å²) in [6.07, 6.45) is 5.79. The molecule has 0 fully saturated rings. The summed E-state index contributed by atoms with van der Waals surface area (Å²) in [5.74, 6) is 0.507. The maximum Gasteiger partial charge on any atom is 0.259 e. The van der Waals surface area contributed by atoms with Gasteiger partial charge in [0.25, 0.3) is 5.56 Å². The highest BCUT2D eigenvalue weighted by molar-refractivity contribution is 7.92. The van der Waals surface area contributed by atoms with Crippen LogP contribution in [-0.4, -0.2) is 28.6 Å². The van der Waals surface area contributed by atoms with Gasteiger partial charge < -0.3 is 4.57 Å². The number of sulfonamides is 1. The maximum absolute atomic E-state index is 13.1. The molecule has 33 heavy (non-hydrogen) atoms. The van der Waals surface area contributed by atoms with E-state index in [4.69, 9.17) is 16.6 Å². The topological polar surface area (TPSA) is 85.5 Å². The Morgan fingerprint density at radius 2 is 1.79 bits per heavy atom. The first-order valence-electron chi connectivity index (χ1n) is 10.7. The summed E-state index contributed by atoms with van der Waals surface area (Å²) >= 11 is 6.02. The van der Waals surface area contributed by atoms with Crippen molar-refractivity contribution in [3.8, 4) is 22.5 Å². The van der Waals surface area contributed by atoms with Gasteiger partial charge in [-0.3, -0.25) is 13.9 Å². The van der Waals surface area contributed by atoms with Crippen molar-refractivity contribution in [3.05, 3.63) is 76.2 Å². The number of unbranched alkanes of at least 4 members (excludes halogenated alkanes) is 2. The van der Waals surface area contributed by atoms with Crippen LogP contribution < -0.4 is 10.3 Å². The SMILES string of the molecule is CCCCCn1c(-c2ccccc2NS(C)(=O)=O)cc(=O)n2cc(-c3ccc(Cl)cc3)nc12. The number of fused-ring (bicyclic) bond motifs is 1. The average Bonchev–Trinajstić information content (AvgIpc) is 3.21. The van der Waals surface area contributed by atoms with Gasteiger partial charge in [-0.1, -0.05) is 61.7 Å². The number of para-hydroxylation sites is 1. The highest BCUT2D eigenvalue weighted by atomic mass is 35.5. The molecule has 0 saturated carbocycles. The lowest BCUT2D eigenvalue weighted by atomic mass is 10.1. The van der Waals surface area contributed by atoms with Crippen LogP contribution in [0.2, 0.25) is 5.02 Å². The van der Waals surface area contributed by atoms with E-state index < -0.39 is 10.0 Å². The van der Waals surface area contributed by atoms with Crippen molar-refractivity contribution in [2.24, 2.45) is 0 Å². The molecule has 0 unspecified atom stereocenters. The van der Waals surface area contributed by atoms with E-state index in [2.05, 4.69) is 11.6 Å². The Morgan fingerprint density at radius 1 is 1.06 bits per heavy atom. The number of imidazole rings is 1. The van der Waals surface area contributed by atoms with E-state index in [9.17, 15) is 13.2 Å². The Balaban J connectivity index is 1.94. The minimum Gasteiger partial charge on any atom is -0.311 e. The molecule has 9 heteroatoms. The van der Waals surface area contributed by atoms with Crippen LogP contribution >= 0.6 is 11.6 Å². The predicted molar refractivity (Wildman–Crippen MR) is 133 cm³/mol. The summed E-state index contributed by atoms with van der Waals surface area (Å²) in [5, 5.41) is 0.624. The van der Waals surface area contributed by atoms with Crippen molar-refractivity contribution in [3.63, 3.8) is 0 Å². The number of hydrogen-bond donors (Lipinski definition) is 1. The Labute approximate surface area is 197 Å². The Morgan fingerprint density at radius 3 is 2.48 bits per heavy atom. The fraction of sp³-hybridized carbons (Fsp3) is 0.250. The largest absolute Gasteiger partial charge is 0.311 e. The lowest BCUT2D eigenvalue weighted by Gasteiger charge is -2.17. The highest BCUT2D eigenvalue weighted by Gasteiger charge is 2.18. The van der Waals surface area contributed by atoms with Crippen LogP contribution in [0.5, 0.6) is 0 Å². The number of halogens is 1. The van der Waals surface area contributed by atoms with Crippen molar-refractivity contribution < 1.29 is 8.42 Å². The lowest BCUT2D eigenvalue weighted by Crippen LogP contribution is -2.19. The number of rotatable bonds is 8. The Kier molecular flexibility index (Phi) is 6.58. The van der Waals surface area contributed by atoms with E-state index in [1.807, 2.05) is 22.8 Å². The van der Waals surface area contributed by atoms with Gasteiger partial charge in [0.05, 0.1) is 23.3 Å². The predicted octanol–water partition coefficient (Wildman–Crippen LogP) is 5.05. The van der Waals surface area contributed by atoms with Gasteiger partial charge in [-0.15, -0.1) is 0 Å². The molecule has 0 atom stereocenters. The van der Waals surface area contributed by atoms with E-state index >= 15 is 0 Å². The second kappa shape index (κ2) is 9.41. The minimum absolute atomic E-state index is 0.242. The molecule has 172 valence electrons. The molecule has 0 radical (unpaired) electrons. The van der Waals surface area contributed by atoms with Gasteiger partial charge in [0.2, 0.25) is 15.8 Å².